The zero-order chi connectivity index (χ0) is 22.7. The summed E-state index contributed by atoms with van der Waals surface area (Å²) in [5.41, 5.74) is 3.33. The Labute approximate surface area is 185 Å². The Morgan fingerprint density at radius 2 is 2.06 bits per heavy atom. The highest BCUT2D eigenvalue weighted by molar-refractivity contribution is 5.83. The van der Waals surface area contributed by atoms with Gasteiger partial charge in [0.15, 0.2) is 0 Å². The first-order valence-corrected chi connectivity index (χ1v) is 10.4. The molecular weight excluding hydrogens is 406 g/mol. The summed E-state index contributed by atoms with van der Waals surface area (Å²) in [6, 6.07) is 13.1. The second kappa shape index (κ2) is 9.09. The molecule has 0 saturated heterocycles. The molecule has 0 spiro atoms. The number of nitrogens with one attached hydrogen (secondary N) is 1. The third kappa shape index (κ3) is 4.14. The molecule has 0 bridgehead atoms. The van der Waals surface area contributed by atoms with Gasteiger partial charge in [-0.15, -0.1) is 0 Å². The molecule has 1 aromatic carbocycles. The maximum absolute atomic E-state index is 13.5. The van der Waals surface area contributed by atoms with Crippen LogP contribution in [0.4, 0.5) is 0 Å². The van der Waals surface area contributed by atoms with E-state index < -0.39 is 11.9 Å². The van der Waals surface area contributed by atoms with Gasteiger partial charge in [-0.25, -0.2) is 0 Å². The number of hydrogen-bond donors (Lipinski definition) is 2. The molecule has 7 heteroatoms. The van der Waals surface area contributed by atoms with E-state index >= 15 is 0 Å². The molecule has 0 saturated carbocycles. The maximum atomic E-state index is 13.5. The van der Waals surface area contributed by atoms with Gasteiger partial charge in [0.25, 0.3) is 5.56 Å². The van der Waals surface area contributed by atoms with Gasteiger partial charge in [-0.1, -0.05) is 24.3 Å². The summed E-state index contributed by atoms with van der Waals surface area (Å²) in [5.74, 6) is -1.26. The van der Waals surface area contributed by atoms with Gasteiger partial charge in [0.05, 0.1) is 19.1 Å². The number of carbonyl (C=O) groups is 1. The van der Waals surface area contributed by atoms with Gasteiger partial charge in [-0.2, -0.15) is 0 Å². The Bertz CT molecular complexity index is 1310. The van der Waals surface area contributed by atoms with Gasteiger partial charge in [0.2, 0.25) is 0 Å². The van der Waals surface area contributed by atoms with E-state index in [-0.39, 0.29) is 23.3 Å². The molecule has 0 fully saturated rings. The maximum Gasteiger partial charge on any atom is 0.306 e. The molecule has 0 aliphatic heterocycles. The van der Waals surface area contributed by atoms with Gasteiger partial charge in [0, 0.05) is 47.7 Å². The average Bonchev–Trinajstić information content (AvgIpc) is 3.21. The van der Waals surface area contributed by atoms with Crippen LogP contribution in [-0.4, -0.2) is 32.7 Å². The number of aromatic hydroxyl groups is 1. The van der Waals surface area contributed by atoms with Gasteiger partial charge in [-0.3, -0.25) is 14.6 Å². The van der Waals surface area contributed by atoms with Crippen LogP contribution in [0, 0.1) is 6.92 Å². The fourth-order valence-electron chi connectivity index (χ4n) is 4.16. The largest absolute Gasteiger partial charge is 0.507 e. The van der Waals surface area contributed by atoms with E-state index in [2.05, 4.69) is 9.97 Å². The fraction of sp³-hybridized carbons (Fsp3) is 0.240. The van der Waals surface area contributed by atoms with E-state index in [0.717, 1.165) is 16.5 Å². The minimum Gasteiger partial charge on any atom is -0.507 e. The highest BCUT2D eigenvalue weighted by Gasteiger charge is 2.26. The zero-order valence-corrected chi connectivity index (χ0v) is 18.0. The summed E-state index contributed by atoms with van der Waals surface area (Å²) >= 11 is 0. The minimum atomic E-state index is -0.663. The SMILES string of the molecule is COC(=O)C[C@@H](c1cccnc1)c1c(O)cc(C)n(CCc2c[nH]c3ccccc23)c1=O. The van der Waals surface area contributed by atoms with E-state index in [1.165, 1.54) is 7.11 Å². The molecule has 0 amide bonds. The molecule has 164 valence electrons. The Balaban J connectivity index is 1.73. The number of ether oxygens (including phenoxy) is 1. The van der Waals surface area contributed by atoms with Crippen molar-refractivity contribution in [2.24, 2.45) is 0 Å². The van der Waals surface area contributed by atoms with Crippen LogP contribution in [0.3, 0.4) is 0 Å². The third-order valence-electron chi connectivity index (χ3n) is 5.84. The van der Waals surface area contributed by atoms with Crippen LogP contribution in [-0.2, 0) is 22.5 Å². The number of nitrogens with zero attached hydrogens (tertiary/aromatic N) is 2. The number of hydrogen-bond acceptors (Lipinski definition) is 5. The van der Waals surface area contributed by atoms with E-state index in [1.54, 1.807) is 42.1 Å². The summed E-state index contributed by atoms with van der Waals surface area (Å²) in [6.45, 7) is 2.23. The van der Waals surface area contributed by atoms with Crippen LogP contribution < -0.4 is 5.56 Å². The highest BCUT2D eigenvalue weighted by atomic mass is 16.5. The molecule has 3 heterocycles. The molecule has 0 aliphatic rings. The van der Waals surface area contributed by atoms with Crippen molar-refractivity contribution in [2.45, 2.75) is 32.2 Å². The Morgan fingerprint density at radius 1 is 1.25 bits per heavy atom. The summed E-state index contributed by atoms with van der Waals surface area (Å²) in [7, 11) is 1.30. The van der Waals surface area contributed by atoms with Gasteiger partial charge < -0.3 is 19.4 Å². The van der Waals surface area contributed by atoms with Crippen LogP contribution in [0.25, 0.3) is 10.9 Å². The second-order valence-corrected chi connectivity index (χ2v) is 7.77. The normalized spacial score (nSPS) is 12.1. The molecule has 3 aromatic heterocycles. The average molecular weight is 431 g/mol. The first kappa shape index (κ1) is 21.4. The van der Waals surface area contributed by atoms with Crippen molar-refractivity contribution in [2.75, 3.05) is 7.11 Å². The first-order chi connectivity index (χ1) is 15.5. The lowest BCUT2D eigenvalue weighted by Crippen LogP contribution is -2.29. The van der Waals surface area contributed by atoms with Crippen LogP contribution in [0.1, 0.15) is 34.7 Å². The molecule has 0 radical (unpaired) electrons. The summed E-state index contributed by atoms with van der Waals surface area (Å²) in [6.07, 6.45) is 5.75. The predicted molar refractivity (Wildman–Crippen MR) is 122 cm³/mol. The van der Waals surface area contributed by atoms with Crippen molar-refractivity contribution >= 4 is 16.9 Å². The molecule has 4 aromatic rings. The lowest BCUT2D eigenvalue weighted by atomic mass is 9.89. The Kier molecular flexibility index (Phi) is 6.07. The highest BCUT2D eigenvalue weighted by Crippen LogP contribution is 2.32. The van der Waals surface area contributed by atoms with Crippen LogP contribution in [0.2, 0.25) is 0 Å². The summed E-state index contributed by atoms with van der Waals surface area (Å²) < 4.78 is 6.49. The number of aromatic nitrogens is 3. The molecule has 0 aliphatic carbocycles. The topological polar surface area (TPSA) is 97.2 Å². The molecule has 7 nitrogen and oxygen atoms in total. The third-order valence-corrected chi connectivity index (χ3v) is 5.84. The number of aromatic amines is 1. The van der Waals surface area contributed by atoms with Crippen molar-refractivity contribution in [3.8, 4) is 5.75 Å². The number of rotatable bonds is 7. The van der Waals surface area contributed by atoms with Gasteiger partial charge >= 0.3 is 5.97 Å². The van der Waals surface area contributed by atoms with E-state index in [9.17, 15) is 14.7 Å². The van der Waals surface area contributed by atoms with E-state index in [4.69, 9.17) is 4.74 Å². The summed E-state index contributed by atoms with van der Waals surface area (Å²) in [4.78, 5) is 33.0. The van der Waals surface area contributed by atoms with Crippen LogP contribution >= 0.6 is 0 Å². The number of fused-ring (bicyclic) bond motifs is 1. The molecule has 0 unspecified atom stereocenters. The number of para-hydroxylation sites is 1. The van der Waals surface area contributed by atoms with Crippen molar-refractivity contribution < 1.29 is 14.6 Å². The first-order valence-electron chi connectivity index (χ1n) is 10.4. The molecule has 32 heavy (non-hydrogen) atoms. The number of carbonyl (C=O) groups excluding carboxylic acids is 1. The Morgan fingerprint density at radius 3 is 2.81 bits per heavy atom. The zero-order valence-electron chi connectivity index (χ0n) is 18.0. The number of benzene rings is 1. The Hall–Kier alpha value is -3.87. The lowest BCUT2D eigenvalue weighted by Gasteiger charge is -2.20. The number of aryl methyl sites for hydroxylation is 2. The van der Waals surface area contributed by atoms with Crippen molar-refractivity contribution in [1.82, 2.24) is 14.5 Å². The quantitative estimate of drug-likeness (QED) is 0.435. The number of H-pyrrole nitrogens is 1. The number of esters is 1. The minimum absolute atomic E-state index is 0.0729. The second-order valence-electron chi connectivity index (χ2n) is 7.77. The van der Waals surface area contributed by atoms with Crippen molar-refractivity contribution in [3.05, 3.63) is 93.8 Å². The molecule has 2 N–H and O–H groups in total. The predicted octanol–water partition coefficient (Wildman–Crippen LogP) is 3.68. The smallest absolute Gasteiger partial charge is 0.306 e. The monoisotopic (exact) mass is 431 g/mol. The molecular formula is C25H25N3O4. The molecule has 1 atom stereocenters. The molecule has 4 rings (SSSR count). The van der Waals surface area contributed by atoms with Gasteiger partial charge in [-0.05, 0) is 42.7 Å². The van der Waals surface area contributed by atoms with E-state index in [1.807, 2.05) is 30.5 Å². The van der Waals surface area contributed by atoms with Crippen molar-refractivity contribution in [3.63, 3.8) is 0 Å². The van der Waals surface area contributed by atoms with Gasteiger partial charge in [0.1, 0.15) is 5.75 Å². The van der Waals surface area contributed by atoms with Crippen LogP contribution in [0.5, 0.6) is 5.75 Å². The fourth-order valence-corrected chi connectivity index (χ4v) is 4.16. The lowest BCUT2D eigenvalue weighted by molar-refractivity contribution is -0.140. The van der Waals surface area contributed by atoms with E-state index in [0.29, 0.717) is 24.2 Å². The standard InChI is InChI=1S/C25H25N3O4/c1-16-12-22(29)24(20(13-23(30)32-2)17-6-5-10-26-14-17)25(31)28(16)11-9-18-15-27-21-8-4-3-7-19(18)21/h3-8,10,12,14-15,20,27,29H,9,11,13H2,1-2H3/t20-/m0/s1. The number of methoxy groups -OCH3 is 1. The number of pyridine rings is 2. The van der Waals surface area contributed by atoms with Crippen LogP contribution in [0.15, 0.2) is 65.8 Å². The summed E-state index contributed by atoms with van der Waals surface area (Å²) in [5, 5.41) is 11.8. The van der Waals surface area contributed by atoms with Crippen molar-refractivity contribution in [1.29, 1.82) is 0 Å².